The number of hydrogen-bond acceptors (Lipinski definition) is 5. The SMILES string of the molecule is NCC1CCCCN1C(=O)Cc1ccc(S(=O)(=O)N2CCCCC2)s1. The lowest BCUT2D eigenvalue weighted by atomic mass is 10.0. The second kappa shape index (κ2) is 8.16. The molecule has 2 aliphatic heterocycles. The summed E-state index contributed by atoms with van der Waals surface area (Å²) in [5.74, 6) is 0.0546. The molecule has 6 nitrogen and oxygen atoms in total. The zero-order chi connectivity index (χ0) is 17.9. The second-order valence-electron chi connectivity index (χ2n) is 6.83. The van der Waals surface area contributed by atoms with Crippen LogP contribution in [0.2, 0.25) is 0 Å². The van der Waals surface area contributed by atoms with Crippen LogP contribution in [0.15, 0.2) is 16.3 Å². The van der Waals surface area contributed by atoms with Crippen molar-refractivity contribution in [1.82, 2.24) is 9.21 Å². The van der Waals surface area contributed by atoms with Gasteiger partial charge in [0.2, 0.25) is 5.91 Å². The van der Waals surface area contributed by atoms with Crippen molar-refractivity contribution in [1.29, 1.82) is 0 Å². The third-order valence-electron chi connectivity index (χ3n) is 5.09. The van der Waals surface area contributed by atoms with Crippen molar-refractivity contribution in [3.63, 3.8) is 0 Å². The molecule has 3 rings (SSSR count). The predicted molar refractivity (Wildman–Crippen MR) is 99.0 cm³/mol. The van der Waals surface area contributed by atoms with Crippen LogP contribution in [-0.4, -0.2) is 55.8 Å². The molecule has 2 N–H and O–H groups in total. The van der Waals surface area contributed by atoms with E-state index in [9.17, 15) is 13.2 Å². The standard InChI is InChI=1S/C17H27N3O3S2/c18-13-14-6-2-5-11-20(14)16(21)12-15-7-8-17(24-15)25(22,23)19-9-3-1-4-10-19/h7-8,14H,1-6,9-13,18H2. The molecular weight excluding hydrogens is 358 g/mol. The van der Waals surface area contributed by atoms with Gasteiger partial charge in [-0.25, -0.2) is 8.42 Å². The number of nitrogens with zero attached hydrogens (tertiary/aromatic N) is 2. The summed E-state index contributed by atoms with van der Waals surface area (Å²) in [5.41, 5.74) is 5.79. The van der Waals surface area contributed by atoms with Crippen molar-refractivity contribution < 1.29 is 13.2 Å². The van der Waals surface area contributed by atoms with Gasteiger partial charge in [-0.3, -0.25) is 4.79 Å². The van der Waals surface area contributed by atoms with Crippen molar-refractivity contribution in [3.05, 3.63) is 17.0 Å². The summed E-state index contributed by atoms with van der Waals surface area (Å²) in [6.45, 7) is 2.44. The van der Waals surface area contributed by atoms with E-state index >= 15 is 0 Å². The minimum atomic E-state index is -3.41. The summed E-state index contributed by atoms with van der Waals surface area (Å²) >= 11 is 1.23. The third-order valence-corrected chi connectivity index (χ3v) is 8.54. The molecule has 140 valence electrons. The molecule has 0 bridgehead atoms. The lowest BCUT2D eigenvalue weighted by molar-refractivity contribution is -0.133. The van der Waals surface area contributed by atoms with E-state index in [2.05, 4.69) is 0 Å². The van der Waals surface area contributed by atoms with E-state index in [0.29, 0.717) is 23.8 Å². The number of thiophene rings is 1. The highest BCUT2D eigenvalue weighted by Crippen LogP contribution is 2.28. The maximum Gasteiger partial charge on any atom is 0.252 e. The van der Waals surface area contributed by atoms with Gasteiger partial charge in [-0.05, 0) is 44.2 Å². The Morgan fingerprint density at radius 3 is 2.56 bits per heavy atom. The number of rotatable bonds is 5. The number of sulfonamides is 1. The molecule has 0 aliphatic carbocycles. The molecule has 0 aromatic carbocycles. The van der Waals surface area contributed by atoms with Gasteiger partial charge in [0.05, 0.1) is 6.42 Å². The highest BCUT2D eigenvalue weighted by Gasteiger charge is 2.29. The van der Waals surface area contributed by atoms with Crippen molar-refractivity contribution >= 4 is 27.3 Å². The summed E-state index contributed by atoms with van der Waals surface area (Å²) < 4.78 is 27.3. The van der Waals surface area contributed by atoms with Gasteiger partial charge in [-0.2, -0.15) is 4.31 Å². The summed E-state index contributed by atoms with van der Waals surface area (Å²) in [6.07, 6.45) is 6.28. The van der Waals surface area contributed by atoms with E-state index in [1.807, 2.05) is 4.90 Å². The molecule has 1 unspecified atom stereocenters. The third kappa shape index (κ3) is 4.24. The number of carbonyl (C=O) groups is 1. The lowest BCUT2D eigenvalue weighted by Gasteiger charge is -2.35. The summed E-state index contributed by atoms with van der Waals surface area (Å²) in [5, 5.41) is 0. The van der Waals surface area contributed by atoms with Crippen molar-refractivity contribution in [2.24, 2.45) is 5.73 Å². The highest BCUT2D eigenvalue weighted by atomic mass is 32.2. The quantitative estimate of drug-likeness (QED) is 0.838. The molecule has 2 aliphatic rings. The smallest absolute Gasteiger partial charge is 0.252 e. The van der Waals surface area contributed by atoms with Crippen molar-refractivity contribution in [2.45, 2.75) is 55.2 Å². The van der Waals surface area contributed by atoms with E-state index in [1.54, 1.807) is 16.4 Å². The maximum absolute atomic E-state index is 12.7. The van der Waals surface area contributed by atoms with E-state index < -0.39 is 10.0 Å². The van der Waals surface area contributed by atoms with Gasteiger partial charge < -0.3 is 10.6 Å². The number of amides is 1. The van der Waals surface area contributed by atoms with Crippen molar-refractivity contribution in [3.8, 4) is 0 Å². The van der Waals surface area contributed by atoms with Gasteiger partial charge in [0.25, 0.3) is 10.0 Å². The molecule has 1 amide bonds. The van der Waals surface area contributed by atoms with Gasteiger partial charge in [-0.1, -0.05) is 6.42 Å². The summed E-state index contributed by atoms with van der Waals surface area (Å²) in [6, 6.07) is 3.55. The number of hydrogen-bond donors (Lipinski definition) is 1. The Labute approximate surface area is 154 Å². The molecule has 2 fully saturated rings. The summed E-state index contributed by atoms with van der Waals surface area (Å²) in [4.78, 5) is 15.3. The fourth-order valence-corrected chi connectivity index (χ4v) is 6.67. The molecule has 8 heteroatoms. The van der Waals surface area contributed by atoms with E-state index in [0.717, 1.165) is 49.9 Å². The zero-order valence-electron chi connectivity index (χ0n) is 14.5. The van der Waals surface area contributed by atoms with Gasteiger partial charge in [0.15, 0.2) is 0 Å². The minimum absolute atomic E-state index is 0.0546. The Balaban J connectivity index is 1.67. The van der Waals surface area contributed by atoms with Crippen LogP contribution in [0.1, 0.15) is 43.4 Å². The van der Waals surface area contributed by atoms with Gasteiger partial charge >= 0.3 is 0 Å². The molecule has 1 aromatic heterocycles. The molecule has 0 radical (unpaired) electrons. The van der Waals surface area contributed by atoms with Crippen LogP contribution in [0.5, 0.6) is 0 Å². The summed E-state index contributed by atoms with van der Waals surface area (Å²) in [7, 11) is -3.41. The van der Waals surface area contributed by atoms with Gasteiger partial charge in [0.1, 0.15) is 4.21 Å². The van der Waals surface area contributed by atoms with Crippen LogP contribution in [0.3, 0.4) is 0 Å². The predicted octanol–water partition coefficient (Wildman–Crippen LogP) is 1.80. The Kier molecular flexibility index (Phi) is 6.14. The van der Waals surface area contributed by atoms with E-state index in [-0.39, 0.29) is 18.4 Å². The number of likely N-dealkylation sites (tertiary alicyclic amines) is 1. The first kappa shape index (κ1) is 18.8. The molecule has 3 heterocycles. The van der Waals surface area contributed by atoms with Crippen LogP contribution in [-0.2, 0) is 21.2 Å². The van der Waals surface area contributed by atoms with Crippen LogP contribution >= 0.6 is 11.3 Å². The molecule has 0 spiro atoms. The minimum Gasteiger partial charge on any atom is -0.338 e. The second-order valence-corrected chi connectivity index (χ2v) is 10.2. The topological polar surface area (TPSA) is 83.7 Å². The fourth-order valence-electron chi connectivity index (χ4n) is 3.65. The molecular formula is C17H27N3O3S2. The van der Waals surface area contributed by atoms with Crippen LogP contribution in [0.4, 0.5) is 0 Å². The lowest BCUT2D eigenvalue weighted by Crippen LogP contribution is -2.47. The van der Waals surface area contributed by atoms with Crippen molar-refractivity contribution in [2.75, 3.05) is 26.2 Å². The highest BCUT2D eigenvalue weighted by molar-refractivity contribution is 7.91. The monoisotopic (exact) mass is 385 g/mol. The molecule has 25 heavy (non-hydrogen) atoms. The van der Waals surface area contributed by atoms with E-state index in [1.165, 1.54) is 11.3 Å². The Hall–Kier alpha value is -0.960. The largest absolute Gasteiger partial charge is 0.338 e. The Bertz CT molecular complexity index is 696. The molecule has 2 saturated heterocycles. The first-order valence-electron chi connectivity index (χ1n) is 9.11. The van der Waals surface area contributed by atoms with Crippen LogP contribution in [0, 0.1) is 0 Å². The van der Waals surface area contributed by atoms with Crippen LogP contribution < -0.4 is 5.73 Å². The number of nitrogens with two attached hydrogens (primary N) is 1. The Morgan fingerprint density at radius 2 is 1.84 bits per heavy atom. The first-order chi connectivity index (χ1) is 12.0. The Morgan fingerprint density at radius 1 is 1.12 bits per heavy atom. The average molecular weight is 386 g/mol. The van der Waals surface area contributed by atoms with Gasteiger partial charge in [0, 0.05) is 37.1 Å². The number of piperidine rings is 2. The first-order valence-corrected chi connectivity index (χ1v) is 11.4. The fraction of sp³-hybridized carbons (Fsp3) is 0.706. The average Bonchev–Trinajstić information content (AvgIpc) is 3.11. The molecule has 1 aromatic rings. The van der Waals surface area contributed by atoms with E-state index in [4.69, 9.17) is 5.73 Å². The number of carbonyl (C=O) groups excluding carboxylic acids is 1. The maximum atomic E-state index is 12.7. The normalized spacial score (nSPS) is 22.9. The molecule has 0 saturated carbocycles. The van der Waals surface area contributed by atoms with Gasteiger partial charge in [-0.15, -0.1) is 11.3 Å². The van der Waals surface area contributed by atoms with Crippen LogP contribution in [0.25, 0.3) is 0 Å². The molecule has 1 atom stereocenters. The zero-order valence-corrected chi connectivity index (χ0v) is 16.2.